The van der Waals surface area contributed by atoms with Crippen molar-refractivity contribution < 1.29 is 9.84 Å². The number of rotatable bonds is 2. The maximum Gasteiger partial charge on any atom is 0.0919 e. The summed E-state index contributed by atoms with van der Waals surface area (Å²) in [4.78, 5) is 0. The van der Waals surface area contributed by atoms with Gasteiger partial charge in [0.05, 0.1) is 12.2 Å². The van der Waals surface area contributed by atoms with Crippen LogP contribution < -0.4 is 0 Å². The lowest BCUT2D eigenvalue weighted by Gasteiger charge is -2.29. The van der Waals surface area contributed by atoms with E-state index in [1.165, 1.54) is 5.56 Å². The van der Waals surface area contributed by atoms with Crippen LogP contribution in [0.3, 0.4) is 0 Å². The van der Waals surface area contributed by atoms with E-state index in [2.05, 4.69) is 6.92 Å². The third-order valence-electron chi connectivity index (χ3n) is 3.36. The van der Waals surface area contributed by atoms with Crippen molar-refractivity contribution in [1.82, 2.24) is 0 Å². The number of hydrogen-bond acceptors (Lipinski definition) is 2. The van der Waals surface area contributed by atoms with Crippen LogP contribution in [0.15, 0.2) is 24.3 Å². The molecule has 1 aliphatic heterocycles. The van der Waals surface area contributed by atoms with Crippen LogP contribution in [0.4, 0.5) is 0 Å². The minimum Gasteiger partial charge on any atom is -0.385 e. The monoisotopic (exact) mass is 206 g/mol. The van der Waals surface area contributed by atoms with E-state index in [9.17, 15) is 5.11 Å². The number of hydrogen-bond donors (Lipinski definition) is 1. The highest BCUT2D eigenvalue weighted by molar-refractivity contribution is 5.26. The largest absolute Gasteiger partial charge is 0.385 e. The molecule has 1 heterocycles. The molecule has 2 unspecified atom stereocenters. The van der Waals surface area contributed by atoms with Crippen molar-refractivity contribution >= 4 is 0 Å². The average Bonchev–Trinajstić information content (AvgIpc) is 2.71. The summed E-state index contributed by atoms with van der Waals surface area (Å²) in [7, 11) is 0. The van der Waals surface area contributed by atoms with Crippen molar-refractivity contribution in [3.05, 3.63) is 35.4 Å². The van der Waals surface area contributed by atoms with Gasteiger partial charge >= 0.3 is 0 Å². The predicted octanol–water partition coefficient (Wildman–Crippen LogP) is 2.24. The summed E-state index contributed by atoms with van der Waals surface area (Å²) < 4.78 is 5.33. The third-order valence-corrected chi connectivity index (χ3v) is 3.36. The highest BCUT2D eigenvalue weighted by Crippen LogP contribution is 2.34. The fourth-order valence-corrected chi connectivity index (χ4v) is 2.10. The van der Waals surface area contributed by atoms with Gasteiger partial charge in [0.2, 0.25) is 0 Å². The molecule has 2 heteroatoms. The van der Waals surface area contributed by atoms with E-state index in [0.29, 0.717) is 6.61 Å². The molecule has 1 N–H and O–H groups in total. The molecule has 0 radical (unpaired) electrons. The van der Waals surface area contributed by atoms with Gasteiger partial charge in [0, 0.05) is 12.5 Å². The van der Waals surface area contributed by atoms with Crippen LogP contribution in [-0.4, -0.2) is 18.3 Å². The maximum atomic E-state index is 10.5. The molecular formula is C13H18O2. The van der Waals surface area contributed by atoms with E-state index >= 15 is 0 Å². The molecule has 2 atom stereocenters. The molecule has 1 fully saturated rings. The molecule has 15 heavy (non-hydrogen) atoms. The molecule has 1 aromatic rings. The van der Waals surface area contributed by atoms with Crippen LogP contribution >= 0.6 is 0 Å². The van der Waals surface area contributed by atoms with Crippen LogP contribution in [0.5, 0.6) is 0 Å². The molecular weight excluding hydrogens is 188 g/mol. The lowest BCUT2D eigenvalue weighted by molar-refractivity contribution is -0.00971. The predicted molar refractivity (Wildman–Crippen MR) is 59.7 cm³/mol. The van der Waals surface area contributed by atoms with Crippen molar-refractivity contribution in [2.24, 2.45) is 5.92 Å². The smallest absolute Gasteiger partial charge is 0.0919 e. The Balaban J connectivity index is 2.23. The van der Waals surface area contributed by atoms with Gasteiger partial charge in [-0.3, -0.25) is 0 Å². The Hall–Kier alpha value is -0.860. The topological polar surface area (TPSA) is 29.5 Å². The zero-order valence-corrected chi connectivity index (χ0v) is 9.36. The van der Waals surface area contributed by atoms with E-state index in [1.54, 1.807) is 0 Å². The van der Waals surface area contributed by atoms with Crippen LogP contribution in [-0.2, 0) is 10.3 Å². The van der Waals surface area contributed by atoms with Gasteiger partial charge in [-0.15, -0.1) is 0 Å². The molecule has 0 aliphatic carbocycles. The molecule has 82 valence electrons. The van der Waals surface area contributed by atoms with Gasteiger partial charge in [0.25, 0.3) is 0 Å². The van der Waals surface area contributed by atoms with Gasteiger partial charge in [0.15, 0.2) is 0 Å². The number of aliphatic hydroxyl groups is 1. The Morgan fingerprint density at radius 3 is 2.53 bits per heavy atom. The Morgan fingerprint density at radius 1 is 1.33 bits per heavy atom. The third kappa shape index (κ3) is 2.06. The van der Waals surface area contributed by atoms with Crippen LogP contribution in [0.1, 0.15) is 24.5 Å². The summed E-state index contributed by atoms with van der Waals surface area (Å²) in [5.41, 5.74) is 1.45. The van der Waals surface area contributed by atoms with Crippen molar-refractivity contribution in [3.63, 3.8) is 0 Å². The SMILES string of the molecule is Cc1ccc(C(C)(O)C2CCOC2)cc1. The standard InChI is InChI=1S/C13H18O2/c1-10-3-5-11(6-4-10)13(2,14)12-7-8-15-9-12/h3-6,12,14H,7-9H2,1-2H3. The minimum absolute atomic E-state index is 0.222. The zero-order chi connectivity index (χ0) is 10.9. The van der Waals surface area contributed by atoms with E-state index in [-0.39, 0.29) is 5.92 Å². The fraction of sp³-hybridized carbons (Fsp3) is 0.538. The number of aryl methyl sites for hydroxylation is 1. The Bertz CT molecular complexity index is 321. The molecule has 2 rings (SSSR count). The Labute approximate surface area is 90.9 Å². The summed E-state index contributed by atoms with van der Waals surface area (Å²) >= 11 is 0. The van der Waals surface area contributed by atoms with Gasteiger partial charge < -0.3 is 9.84 Å². The summed E-state index contributed by atoms with van der Waals surface area (Å²) in [5.74, 6) is 0.222. The van der Waals surface area contributed by atoms with Crippen molar-refractivity contribution in [3.8, 4) is 0 Å². The molecule has 0 aromatic heterocycles. The Kier molecular flexibility index (Phi) is 2.81. The molecule has 0 saturated carbocycles. The lowest BCUT2D eigenvalue weighted by Crippen LogP contribution is -2.32. The summed E-state index contributed by atoms with van der Waals surface area (Å²) in [6, 6.07) is 8.10. The van der Waals surface area contributed by atoms with Gasteiger partial charge in [-0.05, 0) is 25.8 Å². The first-order chi connectivity index (χ1) is 7.10. The fourth-order valence-electron chi connectivity index (χ4n) is 2.10. The van der Waals surface area contributed by atoms with E-state index in [0.717, 1.165) is 18.6 Å². The molecule has 2 nitrogen and oxygen atoms in total. The van der Waals surface area contributed by atoms with Gasteiger partial charge in [-0.1, -0.05) is 29.8 Å². The quantitative estimate of drug-likeness (QED) is 0.804. The molecule has 0 bridgehead atoms. The average molecular weight is 206 g/mol. The molecule has 0 spiro atoms. The first-order valence-corrected chi connectivity index (χ1v) is 5.48. The molecule has 1 saturated heterocycles. The highest BCUT2D eigenvalue weighted by atomic mass is 16.5. The van der Waals surface area contributed by atoms with E-state index in [4.69, 9.17) is 4.74 Å². The van der Waals surface area contributed by atoms with Gasteiger partial charge in [-0.2, -0.15) is 0 Å². The maximum absolute atomic E-state index is 10.5. The number of benzene rings is 1. The normalized spacial score (nSPS) is 25.1. The van der Waals surface area contributed by atoms with Gasteiger partial charge in [0.1, 0.15) is 0 Å². The zero-order valence-electron chi connectivity index (χ0n) is 9.36. The Morgan fingerprint density at radius 2 is 2.00 bits per heavy atom. The second-order valence-corrected chi connectivity index (χ2v) is 4.57. The second-order valence-electron chi connectivity index (χ2n) is 4.57. The van der Waals surface area contributed by atoms with Crippen LogP contribution in [0.2, 0.25) is 0 Å². The number of ether oxygens (including phenoxy) is 1. The summed E-state index contributed by atoms with van der Waals surface area (Å²) in [6.45, 7) is 5.38. The van der Waals surface area contributed by atoms with Crippen molar-refractivity contribution in [2.75, 3.05) is 13.2 Å². The van der Waals surface area contributed by atoms with Crippen molar-refractivity contribution in [1.29, 1.82) is 0 Å². The molecule has 1 aliphatic rings. The minimum atomic E-state index is -0.760. The first-order valence-electron chi connectivity index (χ1n) is 5.48. The molecule has 0 amide bonds. The highest BCUT2D eigenvalue weighted by Gasteiger charge is 2.36. The van der Waals surface area contributed by atoms with Crippen LogP contribution in [0.25, 0.3) is 0 Å². The first kappa shape index (κ1) is 10.7. The summed E-state index contributed by atoms with van der Waals surface area (Å²) in [6.07, 6.45) is 0.945. The van der Waals surface area contributed by atoms with E-state index < -0.39 is 5.60 Å². The van der Waals surface area contributed by atoms with Crippen LogP contribution in [0, 0.1) is 12.8 Å². The van der Waals surface area contributed by atoms with Crippen molar-refractivity contribution in [2.45, 2.75) is 25.9 Å². The summed E-state index contributed by atoms with van der Waals surface area (Å²) in [5, 5.41) is 10.5. The van der Waals surface area contributed by atoms with Gasteiger partial charge in [-0.25, -0.2) is 0 Å². The second kappa shape index (κ2) is 3.95. The molecule has 1 aromatic carbocycles. The lowest BCUT2D eigenvalue weighted by atomic mass is 9.82. The van der Waals surface area contributed by atoms with E-state index in [1.807, 2.05) is 31.2 Å².